The Morgan fingerprint density at radius 3 is 2.62 bits per heavy atom. The van der Waals surface area contributed by atoms with Crippen molar-refractivity contribution in [1.29, 1.82) is 0 Å². The molecule has 1 heterocycles. The van der Waals surface area contributed by atoms with E-state index < -0.39 is 0 Å². The van der Waals surface area contributed by atoms with Crippen molar-refractivity contribution in [2.75, 3.05) is 5.32 Å². The summed E-state index contributed by atoms with van der Waals surface area (Å²) in [5, 5.41) is 12.8. The molecule has 1 aromatic heterocycles. The van der Waals surface area contributed by atoms with Crippen molar-refractivity contribution < 1.29 is 4.39 Å². The zero-order valence-electron chi connectivity index (χ0n) is 6.66. The molecule has 0 atom stereocenters. The van der Waals surface area contributed by atoms with E-state index in [2.05, 4.69) is 20.7 Å². The summed E-state index contributed by atoms with van der Waals surface area (Å²) < 4.78 is 12.5. The molecule has 66 valence electrons. The summed E-state index contributed by atoms with van der Waals surface area (Å²) in [4.78, 5) is 0. The van der Waals surface area contributed by atoms with Gasteiger partial charge >= 0.3 is 0 Å². The predicted molar refractivity (Wildman–Crippen MR) is 46.1 cm³/mol. The van der Waals surface area contributed by atoms with Gasteiger partial charge in [0.05, 0.1) is 6.20 Å². The van der Waals surface area contributed by atoms with Crippen LogP contribution in [0.15, 0.2) is 30.5 Å². The predicted octanol–water partition coefficient (Wildman–Crippen LogP) is 1.69. The summed E-state index contributed by atoms with van der Waals surface area (Å²) in [5.41, 5.74) is 0.773. The lowest BCUT2D eigenvalue weighted by atomic mass is 10.3. The van der Waals surface area contributed by atoms with Gasteiger partial charge in [-0.15, -0.1) is 5.10 Å². The van der Waals surface area contributed by atoms with E-state index in [1.165, 1.54) is 12.1 Å². The van der Waals surface area contributed by atoms with Crippen LogP contribution in [-0.4, -0.2) is 15.4 Å². The number of hydrogen-bond acceptors (Lipinski definition) is 3. The Hall–Kier alpha value is -1.91. The second kappa shape index (κ2) is 3.22. The van der Waals surface area contributed by atoms with Gasteiger partial charge < -0.3 is 5.32 Å². The molecule has 0 radical (unpaired) electrons. The molecule has 13 heavy (non-hydrogen) atoms. The maximum Gasteiger partial charge on any atom is 0.172 e. The largest absolute Gasteiger partial charge is 0.337 e. The number of aromatic nitrogens is 3. The third kappa shape index (κ3) is 1.81. The van der Waals surface area contributed by atoms with Crippen molar-refractivity contribution in [1.82, 2.24) is 15.4 Å². The Morgan fingerprint density at radius 2 is 2.00 bits per heavy atom. The smallest absolute Gasteiger partial charge is 0.172 e. The third-order valence-electron chi connectivity index (χ3n) is 1.53. The van der Waals surface area contributed by atoms with Crippen molar-refractivity contribution in [2.45, 2.75) is 0 Å². The van der Waals surface area contributed by atoms with Crippen LogP contribution in [0.5, 0.6) is 0 Å². The van der Waals surface area contributed by atoms with Crippen molar-refractivity contribution in [2.24, 2.45) is 0 Å². The molecule has 0 amide bonds. The molecule has 0 saturated carbocycles. The van der Waals surface area contributed by atoms with Gasteiger partial charge in [-0.25, -0.2) is 4.39 Å². The minimum Gasteiger partial charge on any atom is -0.337 e. The lowest BCUT2D eigenvalue weighted by molar-refractivity contribution is 0.628. The van der Waals surface area contributed by atoms with Crippen LogP contribution in [-0.2, 0) is 0 Å². The molecule has 0 saturated heterocycles. The van der Waals surface area contributed by atoms with Crippen LogP contribution in [0.1, 0.15) is 0 Å². The SMILES string of the molecule is Fc1ccc(Nc2cn[nH]n2)cc1. The molecule has 2 rings (SSSR count). The number of aromatic amines is 1. The molecule has 4 nitrogen and oxygen atoms in total. The lowest BCUT2D eigenvalue weighted by Gasteiger charge is -2.00. The average Bonchev–Trinajstić information content (AvgIpc) is 2.62. The molecular formula is C8H7FN4. The molecule has 0 unspecified atom stereocenters. The van der Waals surface area contributed by atoms with Gasteiger partial charge in [0.2, 0.25) is 0 Å². The Bertz CT molecular complexity index is 368. The summed E-state index contributed by atoms with van der Waals surface area (Å²) in [5.74, 6) is 0.345. The van der Waals surface area contributed by atoms with Gasteiger partial charge in [-0.3, -0.25) is 0 Å². The lowest BCUT2D eigenvalue weighted by Crippen LogP contribution is -1.90. The first-order valence-corrected chi connectivity index (χ1v) is 3.73. The number of rotatable bonds is 2. The second-order valence-electron chi connectivity index (χ2n) is 2.49. The quantitative estimate of drug-likeness (QED) is 0.735. The van der Waals surface area contributed by atoms with Crippen LogP contribution in [0.4, 0.5) is 15.9 Å². The number of nitrogens with zero attached hydrogens (tertiary/aromatic N) is 2. The highest BCUT2D eigenvalue weighted by Gasteiger charge is 1.96. The molecule has 2 N–H and O–H groups in total. The Labute approximate surface area is 73.8 Å². The fourth-order valence-electron chi connectivity index (χ4n) is 0.943. The van der Waals surface area contributed by atoms with E-state index in [1.54, 1.807) is 18.3 Å². The first-order chi connectivity index (χ1) is 6.34. The fraction of sp³-hybridized carbons (Fsp3) is 0. The molecule has 1 aromatic carbocycles. The Kier molecular flexibility index (Phi) is 1.91. The average molecular weight is 178 g/mol. The van der Waals surface area contributed by atoms with Crippen LogP contribution in [0.25, 0.3) is 0 Å². The van der Waals surface area contributed by atoms with Crippen molar-refractivity contribution in [3.63, 3.8) is 0 Å². The Morgan fingerprint density at radius 1 is 1.23 bits per heavy atom. The zero-order valence-corrected chi connectivity index (χ0v) is 6.66. The number of anilines is 2. The van der Waals surface area contributed by atoms with E-state index >= 15 is 0 Å². The summed E-state index contributed by atoms with van der Waals surface area (Å²) in [7, 11) is 0. The monoisotopic (exact) mass is 178 g/mol. The number of halogens is 1. The number of H-pyrrole nitrogens is 1. The van der Waals surface area contributed by atoms with Crippen molar-refractivity contribution in [3.05, 3.63) is 36.3 Å². The highest BCUT2D eigenvalue weighted by atomic mass is 19.1. The number of benzene rings is 1. The first kappa shape index (κ1) is 7.72. The molecule has 0 aliphatic rings. The summed E-state index contributed by atoms with van der Waals surface area (Å²) in [6.07, 6.45) is 1.54. The minimum atomic E-state index is -0.259. The molecule has 0 fully saturated rings. The molecule has 0 bridgehead atoms. The van der Waals surface area contributed by atoms with Crippen LogP contribution < -0.4 is 5.32 Å². The van der Waals surface area contributed by atoms with E-state index in [0.29, 0.717) is 5.82 Å². The number of hydrogen-bond donors (Lipinski definition) is 2. The van der Waals surface area contributed by atoms with Gasteiger partial charge in [-0.05, 0) is 24.3 Å². The minimum absolute atomic E-state index is 0.259. The summed E-state index contributed by atoms with van der Waals surface area (Å²) >= 11 is 0. The molecule has 0 aliphatic carbocycles. The van der Waals surface area contributed by atoms with Gasteiger partial charge in [0.1, 0.15) is 5.82 Å². The molecular weight excluding hydrogens is 171 g/mol. The van der Waals surface area contributed by atoms with Crippen LogP contribution in [0.3, 0.4) is 0 Å². The molecule has 5 heteroatoms. The van der Waals surface area contributed by atoms with E-state index in [0.717, 1.165) is 5.69 Å². The van der Waals surface area contributed by atoms with Gasteiger partial charge in [-0.2, -0.15) is 10.3 Å². The summed E-state index contributed by atoms with van der Waals surface area (Å²) in [6.45, 7) is 0. The second-order valence-corrected chi connectivity index (χ2v) is 2.49. The van der Waals surface area contributed by atoms with Crippen LogP contribution >= 0.6 is 0 Å². The molecule has 2 aromatic rings. The summed E-state index contributed by atoms with van der Waals surface area (Å²) in [6, 6.07) is 6.01. The first-order valence-electron chi connectivity index (χ1n) is 3.73. The normalized spacial score (nSPS) is 9.92. The topological polar surface area (TPSA) is 53.6 Å². The maximum absolute atomic E-state index is 12.5. The van der Waals surface area contributed by atoms with E-state index in [9.17, 15) is 4.39 Å². The van der Waals surface area contributed by atoms with Gasteiger partial charge in [-0.1, -0.05) is 0 Å². The van der Waals surface area contributed by atoms with E-state index in [4.69, 9.17) is 0 Å². The third-order valence-corrected chi connectivity index (χ3v) is 1.53. The highest BCUT2D eigenvalue weighted by Crippen LogP contribution is 2.12. The highest BCUT2D eigenvalue weighted by molar-refractivity contribution is 5.54. The van der Waals surface area contributed by atoms with Gasteiger partial charge in [0.15, 0.2) is 5.82 Å². The Balaban J connectivity index is 2.15. The zero-order chi connectivity index (χ0) is 9.10. The number of nitrogens with one attached hydrogen (secondary N) is 2. The van der Waals surface area contributed by atoms with Gasteiger partial charge in [0.25, 0.3) is 0 Å². The van der Waals surface area contributed by atoms with E-state index in [-0.39, 0.29) is 5.82 Å². The molecule has 0 aliphatic heterocycles. The van der Waals surface area contributed by atoms with Crippen LogP contribution in [0.2, 0.25) is 0 Å². The standard InChI is InChI=1S/C8H7FN4/c9-6-1-3-7(4-2-6)11-8-5-10-13-12-8/h1-5H,(H2,10,11,12,13). The van der Waals surface area contributed by atoms with Crippen molar-refractivity contribution >= 4 is 11.5 Å². The molecule has 0 spiro atoms. The van der Waals surface area contributed by atoms with Crippen LogP contribution in [0, 0.1) is 5.82 Å². The fourth-order valence-corrected chi connectivity index (χ4v) is 0.943. The van der Waals surface area contributed by atoms with Crippen molar-refractivity contribution in [3.8, 4) is 0 Å². The van der Waals surface area contributed by atoms with Gasteiger partial charge in [0, 0.05) is 5.69 Å². The van der Waals surface area contributed by atoms with E-state index in [1.807, 2.05) is 0 Å². The maximum atomic E-state index is 12.5.